The van der Waals surface area contributed by atoms with Crippen LogP contribution in [-0.2, 0) is 11.2 Å². The average molecular weight is 627 g/mol. The molecule has 6 aliphatic carbocycles. The van der Waals surface area contributed by atoms with Crippen LogP contribution in [0.1, 0.15) is 64.4 Å². The molecule has 0 aromatic heterocycles. The van der Waals surface area contributed by atoms with Crippen LogP contribution >= 0.6 is 11.6 Å². The van der Waals surface area contributed by atoms with E-state index >= 15 is 0 Å². The molecule has 3 saturated carbocycles. The lowest BCUT2D eigenvalue weighted by Gasteiger charge is -2.71. The summed E-state index contributed by atoms with van der Waals surface area (Å²) in [4.78, 5) is 19.2. The molecule has 2 bridgehead atoms. The third-order valence-electron chi connectivity index (χ3n) is 13.8. The van der Waals surface area contributed by atoms with Gasteiger partial charge in [-0.25, -0.2) is 4.39 Å². The van der Waals surface area contributed by atoms with Gasteiger partial charge < -0.3 is 15.3 Å². The molecule has 44 heavy (non-hydrogen) atoms. The molecule has 7 aliphatic rings. The Hall–Kier alpha value is -1.61. The van der Waals surface area contributed by atoms with Gasteiger partial charge in [-0.15, -0.1) is 0 Å². The van der Waals surface area contributed by atoms with E-state index in [4.69, 9.17) is 11.6 Å². The van der Waals surface area contributed by atoms with Crippen LogP contribution in [0.15, 0.2) is 42.0 Å². The van der Waals surface area contributed by atoms with Crippen molar-refractivity contribution in [2.45, 2.75) is 76.9 Å². The molecule has 240 valence electrons. The molecule has 3 N–H and O–H groups in total. The van der Waals surface area contributed by atoms with Crippen molar-refractivity contribution in [3.63, 3.8) is 0 Å². The molecule has 0 amide bonds. The van der Waals surface area contributed by atoms with Crippen molar-refractivity contribution in [1.29, 1.82) is 0 Å². The Kier molecular flexibility index (Phi) is 7.55. The van der Waals surface area contributed by atoms with E-state index in [1.807, 2.05) is 0 Å². The van der Waals surface area contributed by atoms with E-state index in [0.29, 0.717) is 25.9 Å². The number of allylic oxidation sites excluding steroid dienone is 4. The van der Waals surface area contributed by atoms with Crippen LogP contribution in [0.3, 0.4) is 0 Å². The van der Waals surface area contributed by atoms with E-state index in [-0.39, 0.29) is 46.6 Å². The van der Waals surface area contributed by atoms with Crippen molar-refractivity contribution in [2.24, 2.45) is 33.5 Å². The summed E-state index contributed by atoms with van der Waals surface area (Å²) in [6, 6.07) is 4.57. The van der Waals surface area contributed by atoms with Gasteiger partial charge in [-0.3, -0.25) is 14.6 Å². The first-order valence-corrected chi connectivity index (χ1v) is 17.2. The van der Waals surface area contributed by atoms with Crippen LogP contribution in [0.2, 0.25) is 5.02 Å². The highest BCUT2D eigenvalue weighted by atomic mass is 35.5. The summed E-state index contributed by atoms with van der Waals surface area (Å²) in [6.07, 6.45) is 11.9. The van der Waals surface area contributed by atoms with Crippen LogP contribution < -0.4 is 0 Å². The Balaban J connectivity index is 1.27. The number of carbonyl (C=O) groups is 1. The summed E-state index contributed by atoms with van der Waals surface area (Å²) in [7, 11) is 0. The molecule has 1 saturated heterocycles. The Labute approximate surface area is 265 Å². The number of halogens is 2. The van der Waals surface area contributed by atoms with Crippen LogP contribution in [0.25, 0.3) is 0 Å². The lowest BCUT2D eigenvalue weighted by molar-refractivity contribution is -0.179. The Morgan fingerprint density at radius 3 is 2.41 bits per heavy atom. The van der Waals surface area contributed by atoms with Crippen molar-refractivity contribution in [3.8, 4) is 0 Å². The van der Waals surface area contributed by atoms with Crippen molar-refractivity contribution >= 4 is 17.4 Å². The standard InChI is InChI=1S/C36H48ClFN2O4/c1-32-9-6-24(42)21-34(32)12-13-36(26(22-34)29(43)20-25-27(37)4-3-5-28(25)38)30(32)7-10-33(2)31(36)8-11-35(33,44)23-40-16-14-39(15-17-40)18-19-41/h3-5,12-13,22,24,30-31,41-42,44H,6-11,14-21,23H2,1-2H3. The SMILES string of the molecule is CC12CCC(O)CC13C=CC1(C(C(=O)Cc4c(F)cccc4Cl)=C3)C2CCC2(C)C1CCC2(O)CN1CCN(CCO)CC1. The largest absolute Gasteiger partial charge is 0.395 e. The number of hydrogen-bond donors (Lipinski definition) is 3. The number of rotatable bonds is 7. The van der Waals surface area contributed by atoms with Gasteiger partial charge in [-0.05, 0) is 74.3 Å². The highest BCUT2D eigenvalue weighted by molar-refractivity contribution is 6.31. The summed E-state index contributed by atoms with van der Waals surface area (Å²) < 4.78 is 15.0. The van der Waals surface area contributed by atoms with Gasteiger partial charge in [0, 0.05) is 78.1 Å². The van der Waals surface area contributed by atoms with E-state index in [1.165, 1.54) is 6.07 Å². The quantitative estimate of drug-likeness (QED) is 0.378. The van der Waals surface area contributed by atoms with Crippen molar-refractivity contribution in [2.75, 3.05) is 45.9 Å². The van der Waals surface area contributed by atoms with Crippen molar-refractivity contribution < 1.29 is 24.5 Å². The molecule has 4 fully saturated rings. The Morgan fingerprint density at radius 1 is 1.00 bits per heavy atom. The van der Waals surface area contributed by atoms with Gasteiger partial charge in [0.25, 0.3) is 0 Å². The Morgan fingerprint density at radius 2 is 1.68 bits per heavy atom. The maximum absolute atomic E-state index is 15.0. The molecule has 0 radical (unpaired) electrons. The van der Waals surface area contributed by atoms with Crippen LogP contribution in [0.4, 0.5) is 4.39 Å². The van der Waals surface area contributed by atoms with Crippen LogP contribution in [0, 0.1) is 39.3 Å². The molecule has 8 unspecified atom stereocenters. The van der Waals surface area contributed by atoms with Crippen molar-refractivity contribution in [3.05, 3.63) is 58.4 Å². The second-order valence-corrected chi connectivity index (χ2v) is 15.9. The van der Waals surface area contributed by atoms with Gasteiger partial charge in [0.2, 0.25) is 0 Å². The second kappa shape index (κ2) is 10.7. The van der Waals surface area contributed by atoms with Gasteiger partial charge in [0.1, 0.15) is 5.82 Å². The molecule has 8 heteroatoms. The summed E-state index contributed by atoms with van der Waals surface area (Å²) in [5.41, 5.74) is -1.36. The number of β-amino-alcohol motifs (C(OH)–C–C–N with tert-alkyl or cyclic N) is 2. The van der Waals surface area contributed by atoms with Gasteiger partial charge in [0.05, 0.1) is 18.3 Å². The third-order valence-corrected chi connectivity index (χ3v) is 14.1. The first kappa shape index (κ1) is 31.0. The highest BCUT2D eigenvalue weighted by Gasteiger charge is 2.74. The van der Waals surface area contributed by atoms with Crippen molar-refractivity contribution in [1.82, 2.24) is 9.80 Å². The first-order chi connectivity index (χ1) is 20.9. The monoisotopic (exact) mass is 626 g/mol. The predicted octanol–water partition coefficient (Wildman–Crippen LogP) is 4.79. The number of fused-ring (bicyclic) bond motifs is 1. The predicted molar refractivity (Wildman–Crippen MR) is 169 cm³/mol. The molecule has 1 aromatic rings. The number of Topliss-reactive ketones (excluding diaryl/α,β-unsaturated/α-hetero) is 1. The molecular weight excluding hydrogens is 579 g/mol. The number of nitrogens with zero attached hydrogens (tertiary/aromatic N) is 2. The topological polar surface area (TPSA) is 84.2 Å². The molecule has 1 aliphatic heterocycles. The summed E-state index contributed by atoms with van der Waals surface area (Å²) in [6.45, 7) is 9.62. The molecule has 8 rings (SSSR count). The first-order valence-electron chi connectivity index (χ1n) is 16.8. The van der Waals surface area contributed by atoms with E-state index in [1.54, 1.807) is 12.1 Å². The minimum atomic E-state index is -0.886. The second-order valence-electron chi connectivity index (χ2n) is 15.5. The smallest absolute Gasteiger partial charge is 0.164 e. The van der Waals surface area contributed by atoms with Gasteiger partial charge >= 0.3 is 0 Å². The number of aliphatic hydroxyl groups excluding tert-OH is 2. The molecule has 8 atom stereocenters. The van der Waals surface area contributed by atoms with E-state index < -0.39 is 33.8 Å². The molecule has 6 nitrogen and oxygen atoms in total. The van der Waals surface area contributed by atoms with Crippen LogP contribution in [0.5, 0.6) is 0 Å². The van der Waals surface area contributed by atoms with E-state index in [0.717, 1.165) is 63.9 Å². The van der Waals surface area contributed by atoms with E-state index in [2.05, 4.69) is 41.9 Å². The lowest BCUT2D eigenvalue weighted by atomic mass is 9.32. The number of ketones is 1. The fraction of sp³-hybridized carbons (Fsp3) is 0.694. The molecule has 1 heterocycles. The Bertz CT molecular complexity index is 1370. The normalized spacial score (nSPS) is 43.3. The van der Waals surface area contributed by atoms with Gasteiger partial charge in [-0.2, -0.15) is 0 Å². The van der Waals surface area contributed by atoms with Gasteiger partial charge in [0.15, 0.2) is 5.78 Å². The number of aliphatic hydroxyl groups is 3. The number of piperazine rings is 1. The fourth-order valence-corrected chi connectivity index (χ4v) is 11.5. The van der Waals surface area contributed by atoms with Crippen LogP contribution in [-0.4, -0.2) is 88.5 Å². The third kappa shape index (κ3) is 4.25. The molecule has 2 spiro atoms. The number of benzene rings is 1. The average Bonchev–Trinajstić information content (AvgIpc) is 3.26. The summed E-state index contributed by atoms with van der Waals surface area (Å²) in [5.74, 6) is -0.280. The molecular formula is C36H48ClFN2O4. The van der Waals surface area contributed by atoms with E-state index in [9.17, 15) is 24.5 Å². The zero-order valence-corrected chi connectivity index (χ0v) is 27.0. The minimum Gasteiger partial charge on any atom is -0.395 e. The minimum absolute atomic E-state index is 0.0685. The molecule has 1 aromatic carbocycles. The van der Waals surface area contributed by atoms with Gasteiger partial charge in [-0.1, -0.05) is 49.7 Å². The number of hydrogen-bond acceptors (Lipinski definition) is 6. The maximum Gasteiger partial charge on any atom is 0.164 e. The highest BCUT2D eigenvalue weighted by Crippen LogP contribution is 2.78. The fourth-order valence-electron chi connectivity index (χ4n) is 11.3. The maximum atomic E-state index is 15.0. The zero-order chi connectivity index (χ0) is 31.1. The summed E-state index contributed by atoms with van der Waals surface area (Å²) in [5, 5.41) is 33.2. The number of carbonyl (C=O) groups excluding carboxylic acids is 1. The lowest BCUT2D eigenvalue weighted by Crippen LogP contribution is -2.67. The summed E-state index contributed by atoms with van der Waals surface area (Å²) >= 11 is 6.43. The zero-order valence-electron chi connectivity index (χ0n) is 26.2.